The summed E-state index contributed by atoms with van der Waals surface area (Å²) in [6.07, 6.45) is 9.02. The molecule has 2 aromatic heterocycles. The molecule has 2 aliphatic heterocycles. The summed E-state index contributed by atoms with van der Waals surface area (Å²) < 4.78 is 0. The van der Waals surface area contributed by atoms with E-state index >= 15 is 0 Å². The first-order valence-electron chi connectivity index (χ1n) is 9.82. The molecular formula is C21H20N6OS2. The minimum Gasteiger partial charge on any atom is -0.372 e. The Balaban J connectivity index is 1.40. The lowest BCUT2D eigenvalue weighted by Crippen LogP contribution is -2.29. The second kappa shape index (κ2) is 8.08. The van der Waals surface area contributed by atoms with Crippen LogP contribution in [-0.2, 0) is 4.79 Å². The standard InChI is InChI=1S/C21H20N6OS2/c22-20-27(21-23-8-11-29-21)19(28)17(30-20)12-15-13-24-25-18(15)14-4-6-16(7-5-14)26-9-2-1-3-10-26/h4-8,11-13,22H,1-3,9-10H2,(H,24,25)/b17-12-,22-20?. The van der Waals surface area contributed by atoms with Crippen molar-refractivity contribution in [2.45, 2.75) is 19.3 Å². The average Bonchev–Trinajstić information content (AvgIpc) is 3.51. The Morgan fingerprint density at radius 2 is 1.93 bits per heavy atom. The van der Waals surface area contributed by atoms with Gasteiger partial charge in [0.25, 0.3) is 5.91 Å². The quantitative estimate of drug-likeness (QED) is 0.585. The molecule has 0 saturated carbocycles. The van der Waals surface area contributed by atoms with Gasteiger partial charge < -0.3 is 4.90 Å². The highest BCUT2D eigenvalue weighted by molar-refractivity contribution is 8.19. The van der Waals surface area contributed by atoms with Gasteiger partial charge in [-0.05, 0) is 49.2 Å². The first-order chi connectivity index (χ1) is 14.7. The van der Waals surface area contributed by atoms with E-state index in [0.717, 1.165) is 41.7 Å². The Labute approximate surface area is 182 Å². The predicted molar refractivity (Wildman–Crippen MR) is 123 cm³/mol. The maximum Gasteiger partial charge on any atom is 0.273 e. The lowest BCUT2D eigenvalue weighted by Gasteiger charge is -2.28. The molecule has 0 unspecified atom stereocenters. The number of carbonyl (C=O) groups excluding carboxylic acids is 1. The van der Waals surface area contributed by atoms with E-state index in [1.165, 1.54) is 41.2 Å². The zero-order chi connectivity index (χ0) is 20.5. The van der Waals surface area contributed by atoms with Gasteiger partial charge in [-0.3, -0.25) is 15.3 Å². The molecule has 0 bridgehead atoms. The third-order valence-electron chi connectivity index (χ3n) is 5.25. The molecule has 0 aliphatic carbocycles. The Hall–Kier alpha value is -2.91. The predicted octanol–water partition coefficient (Wildman–Crippen LogP) is 4.58. The molecule has 0 radical (unpaired) electrons. The summed E-state index contributed by atoms with van der Waals surface area (Å²) in [5.74, 6) is -0.229. The van der Waals surface area contributed by atoms with Gasteiger partial charge in [0.1, 0.15) is 0 Å². The number of nitrogens with zero attached hydrogens (tertiary/aromatic N) is 4. The molecule has 2 saturated heterocycles. The summed E-state index contributed by atoms with van der Waals surface area (Å²) >= 11 is 2.48. The maximum absolute atomic E-state index is 12.8. The molecule has 9 heteroatoms. The first kappa shape index (κ1) is 19.1. The number of anilines is 2. The van der Waals surface area contributed by atoms with Gasteiger partial charge in [-0.15, -0.1) is 11.3 Å². The number of amidine groups is 1. The molecule has 4 heterocycles. The second-order valence-electron chi connectivity index (χ2n) is 7.15. The Morgan fingerprint density at radius 3 is 2.67 bits per heavy atom. The van der Waals surface area contributed by atoms with Crippen molar-refractivity contribution < 1.29 is 4.79 Å². The minimum atomic E-state index is -0.229. The molecule has 3 aromatic rings. The zero-order valence-electron chi connectivity index (χ0n) is 16.2. The lowest BCUT2D eigenvalue weighted by molar-refractivity contribution is -0.113. The number of aromatic amines is 1. The van der Waals surface area contributed by atoms with Crippen molar-refractivity contribution in [3.8, 4) is 11.3 Å². The SMILES string of the molecule is N=C1S/C(=C\c2c[nH]nc2-c2ccc(N3CCCCC3)cc2)C(=O)N1c1nccs1. The molecule has 152 valence electrons. The van der Waals surface area contributed by atoms with Crippen molar-refractivity contribution in [3.63, 3.8) is 0 Å². The van der Waals surface area contributed by atoms with Crippen LogP contribution in [0.5, 0.6) is 0 Å². The molecule has 1 aromatic carbocycles. The molecule has 30 heavy (non-hydrogen) atoms. The fourth-order valence-electron chi connectivity index (χ4n) is 3.75. The van der Waals surface area contributed by atoms with Crippen molar-refractivity contribution in [1.82, 2.24) is 15.2 Å². The van der Waals surface area contributed by atoms with Crippen molar-refractivity contribution >= 4 is 51.1 Å². The van der Waals surface area contributed by atoms with Crippen LogP contribution in [0.25, 0.3) is 17.3 Å². The maximum atomic E-state index is 12.8. The third kappa shape index (κ3) is 3.54. The number of thioether (sulfide) groups is 1. The van der Waals surface area contributed by atoms with Crippen LogP contribution in [0.15, 0.2) is 46.9 Å². The number of hydrogen-bond donors (Lipinski definition) is 2. The summed E-state index contributed by atoms with van der Waals surface area (Å²) in [7, 11) is 0. The highest BCUT2D eigenvalue weighted by atomic mass is 32.2. The Morgan fingerprint density at radius 1 is 1.13 bits per heavy atom. The number of aromatic nitrogens is 3. The number of amides is 1. The zero-order valence-corrected chi connectivity index (χ0v) is 17.8. The summed E-state index contributed by atoms with van der Waals surface area (Å²) in [6, 6.07) is 8.44. The number of H-pyrrole nitrogens is 1. The number of hydrogen-bond acceptors (Lipinski definition) is 7. The summed E-state index contributed by atoms with van der Waals surface area (Å²) in [6.45, 7) is 2.22. The number of nitrogens with one attached hydrogen (secondary N) is 2. The van der Waals surface area contributed by atoms with E-state index in [1.54, 1.807) is 23.8 Å². The van der Waals surface area contributed by atoms with Crippen molar-refractivity contribution in [3.05, 3.63) is 52.5 Å². The Bertz CT molecular complexity index is 1100. The van der Waals surface area contributed by atoms with Gasteiger partial charge in [0.2, 0.25) is 0 Å². The number of thiazole rings is 1. The van der Waals surface area contributed by atoms with Crippen molar-refractivity contribution in [1.29, 1.82) is 5.41 Å². The molecule has 0 atom stereocenters. The van der Waals surface area contributed by atoms with Gasteiger partial charge in [-0.1, -0.05) is 12.1 Å². The molecular weight excluding hydrogens is 416 g/mol. The molecule has 2 aliphatic rings. The molecule has 7 nitrogen and oxygen atoms in total. The van der Waals surface area contributed by atoms with Crippen LogP contribution in [-0.4, -0.2) is 39.3 Å². The highest BCUT2D eigenvalue weighted by Gasteiger charge is 2.35. The number of rotatable bonds is 4. The topological polar surface area (TPSA) is 89.0 Å². The van der Waals surface area contributed by atoms with Crippen molar-refractivity contribution in [2.24, 2.45) is 0 Å². The number of benzene rings is 1. The van der Waals surface area contributed by atoms with Crippen LogP contribution in [0.4, 0.5) is 10.8 Å². The van der Waals surface area contributed by atoms with E-state index in [0.29, 0.717) is 10.0 Å². The van der Waals surface area contributed by atoms with Crippen LogP contribution in [0.3, 0.4) is 0 Å². The van der Waals surface area contributed by atoms with E-state index in [4.69, 9.17) is 5.41 Å². The van der Waals surface area contributed by atoms with Crippen LogP contribution >= 0.6 is 23.1 Å². The molecule has 5 rings (SSSR count). The van der Waals surface area contributed by atoms with Crippen LogP contribution < -0.4 is 9.80 Å². The summed E-state index contributed by atoms with van der Waals surface area (Å²) in [5, 5.41) is 18.0. The fourth-order valence-corrected chi connectivity index (χ4v) is 5.29. The van der Waals surface area contributed by atoms with E-state index in [1.807, 2.05) is 0 Å². The largest absolute Gasteiger partial charge is 0.372 e. The molecule has 2 fully saturated rings. The normalized spacial score (nSPS) is 18.6. The lowest BCUT2D eigenvalue weighted by atomic mass is 10.1. The van der Waals surface area contributed by atoms with Gasteiger partial charge in [-0.2, -0.15) is 5.10 Å². The summed E-state index contributed by atoms with van der Waals surface area (Å²) in [4.78, 5) is 21.3. The number of carbonyl (C=O) groups is 1. The third-order valence-corrected chi connectivity index (χ3v) is 6.90. The highest BCUT2D eigenvalue weighted by Crippen LogP contribution is 2.37. The van der Waals surface area contributed by atoms with Crippen molar-refractivity contribution in [2.75, 3.05) is 22.9 Å². The van der Waals surface area contributed by atoms with E-state index in [9.17, 15) is 4.79 Å². The van der Waals surface area contributed by atoms with Gasteiger partial charge in [0.15, 0.2) is 10.3 Å². The average molecular weight is 437 g/mol. The molecule has 2 N–H and O–H groups in total. The molecule has 0 spiro atoms. The smallest absolute Gasteiger partial charge is 0.273 e. The summed E-state index contributed by atoms with van der Waals surface area (Å²) in [5.41, 5.74) is 3.85. The van der Waals surface area contributed by atoms with Crippen LogP contribution in [0.1, 0.15) is 24.8 Å². The Kier molecular flexibility index (Phi) is 5.14. The second-order valence-corrected chi connectivity index (χ2v) is 9.06. The fraction of sp³-hybridized carbons (Fsp3) is 0.238. The van der Waals surface area contributed by atoms with E-state index in [2.05, 4.69) is 44.3 Å². The van der Waals surface area contributed by atoms with Crippen LogP contribution in [0, 0.1) is 5.41 Å². The monoisotopic (exact) mass is 436 g/mol. The minimum absolute atomic E-state index is 0.164. The van der Waals surface area contributed by atoms with Crippen LogP contribution in [0.2, 0.25) is 0 Å². The van der Waals surface area contributed by atoms with Gasteiger partial charge in [0.05, 0.1) is 10.6 Å². The number of piperidine rings is 1. The van der Waals surface area contributed by atoms with Gasteiger partial charge >= 0.3 is 0 Å². The van der Waals surface area contributed by atoms with E-state index in [-0.39, 0.29) is 11.1 Å². The first-order valence-corrected chi connectivity index (χ1v) is 11.5. The van der Waals surface area contributed by atoms with Gasteiger partial charge in [-0.25, -0.2) is 9.88 Å². The molecule has 1 amide bonds. The van der Waals surface area contributed by atoms with E-state index < -0.39 is 0 Å². The van der Waals surface area contributed by atoms with Gasteiger partial charge in [0, 0.05) is 47.7 Å².